The van der Waals surface area contributed by atoms with E-state index in [2.05, 4.69) is 5.32 Å². The third-order valence-electron chi connectivity index (χ3n) is 2.16. The molecule has 0 aromatic heterocycles. The van der Waals surface area contributed by atoms with Gasteiger partial charge >= 0.3 is 0 Å². The molecule has 1 saturated heterocycles. The van der Waals surface area contributed by atoms with Crippen molar-refractivity contribution in [2.24, 2.45) is 0 Å². The van der Waals surface area contributed by atoms with Gasteiger partial charge in [0.1, 0.15) is 0 Å². The molecule has 1 heterocycles. The lowest BCUT2D eigenvalue weighted by molar-refractivity contribution is -0.0629. The van der Waals surface area contributed by atoms with E-state index in [9.17, 15) is 8.78 Å². The van der Waals surface area contributed by atoms with Crippen molar-refractivity contribution in [1.29, 1.82) is 0 Å². The number of halogens is 2. The average molecular weight is 163 g/mol. The van der Waals surface area contributed by atoms with Gasteiger partial charge in [-0.05, 0) is 19.4 Å². The van der Waals surface area contributed by atoms with Gasteiger partial charge in [-0.25, -0.2) is 8.78 Å². The Labute approximate surface area is 66.2 Å². The number of nitrogens with one attached hydrogen (secondary N) is 1. The van der Waals surface area contributed by atoms with Crippen LogP contribution in [0.1, 0.15) is 32.6 Å². The van der Waals surface area contributed by atoms with Gasteiger partial charge in [-0.3, -0.25) is 0 Å². The summed E-state index contributed by atoms with van der Waals surface area (Å²) in [7, 11) is 0. The summed E-state index contributed by atoms with van der Waals surface area (Å²) in [6.07, 6.45) is 2.08. The van der Waals surface area contributed by atoms with Crippen molar-refractivity contribution in [3.05, 3.63) is 0 Å². The second-order valence-electron chi connectivity index (χ2n) is 3.16. The molecule has 1 aliphatic heterocycles. The second kappa shape index (κ2) is 3.48. The summed E-state index contributed by atoms with van der Waals surface area (Å²) in [4.78, 5) is 0. The highest BCUT2D eigenvalue weighted by atomic mass is 19.3. The SMILES string of the molecule is CCCC1NCCCC1(F)F. The predicted molar refractivity (Wildman–Crippen MR) is 40.9 cm³/mol. The summed E-state index contributed by atoms with van der Waals surface area (Å²) in [5.74, 6) is -2.46. The fourth-order valence-corrected chi connectivity index (χ4v) is 1.53. The molecule has 0 spiro atoms. The van der Waals surface area contributed by atoms with Crippen LogP contribution < -0.4 is 5.32 Å². The van der Waals surface area contributed by atoms with Gasteiger partial charge in [-0.1, -0.05) is 13.3 Å². The van der Waals surface area contributed by atoms with Crippen LogP contribution in [0.5, 0.6) is 0 Å². The highest BCUT2D eigenvalue weighted by Crippen LogP contribution is 2.29. The van der Waals surface area contributed by atoms with Crippen LogP contribution in [-0.4, -0.2) is 18.5 Å². The fourth-order valence-electron chi connectivity index (χ4n) is 1.53. The predicted octanol–water partition coefficient (Wildman–Crippen LogP) is 2.17. The lowest BCUT2D eigenvalue weighted by Gasteiger charge is -2.32. The van der Waals surface area contributed by atoms with Crippen LogP contribution in [0.25, 0.3) is 0 Å². The first-order valence-electron chi connectivity index (χ1n) is 4.28. The minimum absolute atomic E-state index is 0.0602. The number of hydrogen-bond acceptors (Lipinski definition) is 1. The maximum absolute atomic E-state index is 13.0. The minimum Gasteiger partial charge on any atom is -0.309 e. The summed E-state index contributed by atoms with van der Waals surface area (Å²) in [5.41, 5.74) is 0. The Morgan fingerprint density at radius 1 is 1.55 bits per heavy atom. The van der Waals surface area contributed by atoms with E-state index < -0.39 is 12.0 Å². The molecule has 0 bridgehead atoms. The summed E-state index contributed by atoms with van der Waals surface area (Å²) in [6, 6.07) is -0.568. The van der Waals surface area contributed by atoms with Crippen molar-refractivity contribution in [3.8, 4) is 0 Å². The monoisotopic (exact) mass is 163 g/mol. The van der Waals surface area contributed by atoms with E-state index in [1.807, 2.05) is 6.92 Å². The van der Waals surface area contributed by atoms with Crippen LogP contribution >= 0.6 is 0 Å². The van der Waals surface area contributed by atoms with Gasteiger partial charge in [-0.2, -0.15) is 0 Å². The molecule has 1 aliphatic rings. The third-order valence-corrected chi connectivity index (χ3v) is 2.16. The molecule has 0 amide bonds. The average Bonchev–Trinajstić information content (AvgIpc) is 1.94. The zero-order chi connectivity index (χ0) is 8.32. The van der Waals surface area contributed by atoms with Gasteiger partial charge in [0.2, 0.25) is 0 Å². The molecule has 3 heteroatoms. The van der Waals surface area contributed by atoms with Gasteiger partial charge in [0.05, 0.1) is 6.04 Å². The molecule has 1 nitrogen and oxygen atoms in total. The van der Waals surface area contributed by atoms with E-state index in [4.69, 9.17) is 0 Å². The Morgan fingerprint density at radius 3 is 2.82 bits per heavy atom. The summed E-state index contributed by atoms with van der Waals surface area (Å²) < 4.78 is 26.0. The van der Waals surface area contributed by atoms with E-state index in [0.717, 1.165) is 13.0 Å². The zero-order valence-corrected chi connectivity index (χ0v) is 6.87. The van der Waals surface area contributed by atoms with Crippen molar-refractivity contribution < 1.29 is 8.78 Å². The number of piperidine rings is 1. The smallest absolute Gasteiger partial charge is 0.263 e. The number of rotatable bonds is 2. The number of hydrogen-bond donors (Lipinski definition) is 1. The fraction of sp³-hybridized carbons (Fsp3) is 1.00. The van der Waals surface area contributed by atoms with E-state index in [1.165, 1.54) is 0 Å². The van der Waals surface area contributed by atoms with Gasteiger partial charge < -0.3 is 5.32 Å². The Kier molecular flexibility index (Phi) is 2.82. The molecular weight excluding hydrogens is 148 g/mol. The molecule has 0 aromatic carbocycles. The first kappa shape index (κ1) is 8.91. The maximum Gasteiger partial charge on any atom is 0.263 e. The van der Waals surface area contributed by atoms with E-state index in [1.54, 1.807) is 0 Å². The first-order valence-corrected chi connectivity index (χ1v) is 4.28. The van der Waals surface area contributed by atoms with E-state index >= 15 is 0 Å². The Hall–Kier alpha value is -0.180. The molecule has 1 unspecified atom stereocenters. The summed E-state index contributed by atoms with van der Waals surface area (Å²) in [5, 5.41) is 2.86. The van der Waals surface area contributed by atoms with Crippen LogP contribution in [0.2, 0.25) is 0 Å². The molecule has 1 N–H and O–H groups in total. The standard InChI is InChI=1S/C8H15F2N/c1-2-4-7-8(9,10)5-3-6-11-7/h7,11H,2-6H2,1H3. The molecule has 11 heavy (non-hydrogen) atoms. The molecule has 66 valence electrons. The van der Waals surface area contributed by atoms with Gasteiger partial charge in [-0.15, -0.1) is 0 Å². The van der Waals surface area contributed by atoms with Crippen LogP contribution in [0.3, 0.4) is 0 Å². The lowest BCUT2D eigenvalue weighted by Crippen LogP contribution is -2.49. The first-order chi connectivity index (χ1) is 5.17. The van der Waals surface area contributed by atoms with Gasteiger partial charge in [0.25, 0.3) is 5.92 Å². The van der Waals surface area contributed by atoms with Crippen LogP contribution in [-0.2, 0) is 0 Å². The van der Waals surface area contributed by atoms with E-state index in [0.29, 0.717) is 12.8 Å². The molecule has 1 rings (SSSR count). The van der Waals surface area contributed by atoms with Gasteiger partial charge in [0, 0.05) is 6.42 Å². The zero-order valence-electron chi connectivity index (χ0n) is 6.87. The van der Waals surface area contributed by atoms with Crippen molar-refractivity contribution in [1.82, 2.24) is 5.32 Å². The molecule has 0 aromatic rings. The molecule has 0 aliphatic carbocycles. The summed E-state index contributed by atoms with van der Waals surface area (Å²) >= 11 is 0. The van der Waals surface area contributed by atoms with Crippen LogP contribution in [0, 0.1) is 0 Å². The van der Waals surface area contributed by atoms with Crippen LogP contribution in [0.15, 0.2) is 0 Å². The maximum atomic E-state index is 13.0. The highest BCUT2D eigenvalue weighted by Gasteiger charge is 2.40. The molecule has 1 fully saturated rings. The second-order valence-corrected chi connectivity index (χ2v) is 3.16. The van der Waals surface area contributed by atoms with Crippen LogP contribution in [0.4, 0.5) is 8.78 Å². The lowest BCUT2D eigenvalue weighted by atomic mass is 9.97. The Morgan fingerprint density at radius 2 is 2.27 bits per heavy atom. The van der Waals surface area contributed by atoms with Crippen molar-refractivity contribution in [3.63, 3.8) is 0 Å². The molecule has 0 saturated carbocycles. The topological polar surface area (TPSA) is 12.0 Å². The van der Waals surface area contributed by atoms with Crippen molar-refractivity contribution in [2.45, 2.75) is 44.6 Å². The minimum atomic E-state index is -2.46. The molecular formula is C8H15F2N. The van der Waals surface area contributed by atoms with Gasteiger partial charge in [0.15, 0.2) is 0 Å². The summed E-state index contributed by atoms with van der Waals surface area (Å²) in [6.45, 7) is 2.69. The Bertz CT molecular complexity index is 123. The largest absolute Gasteiger partial charge is 0.309 e. The Balaban J connectivity index is 2.45. The quantitative estimate of drug-likeness (QED) is 0.657. The third kappa shape index (κ3) is 2.12. The van der Waals surface area contributed by atoms with E-state index in [-0.39, 0.29) is 6.42 Å². The number of alkyl halides is 2. The molecule has 0 radical (unpaired) electrons. The normalized spacial score (nSPS) is 30.3. The van der Waals surface area contributed by atoms with Crippen molar-refractivity contribution >= 4 is 0 Å². The van der Waals surface area contributed by atoms with Crippen molar-refractivity contribution in [2.75, 3.05) is 6.54 Å². The molecule has 1 atom stereocenters. The highest BCUT2D eigenvalue weighted by molar-refractivity contribution is 4.86.